The minimum Gasteiger partial charge on any atom is -0.495 e. The van der Waals surface area contributed by atoms with E-state index in [1.165, 1.54) is 6.07 Å². The molecular formula is C28H34N6O4S. The average molecular weight is 551 g/mol. The molecule has 1 N–H and O–H groups in total. The molecule has 0 spiro atoms. The molecule has 206 valence electrons. The highest BCUT2D eigenvalue weighted by Crippen LogP contribution is 2.42. The molecule has 39 heavy (non-hydrogen) atoms. The van der Waals surface area contributed by atoms with Crippen LogP contribution in [-0.2, 0) is 4.74 Å². The summed E-state index contributed by atoms with van der Waals surface area (Å²) in [6.07, 6.45) is 2.76. The van der Waals surface area contributed by atoms with Crippen molar-refractivity contribution in [1.29, 1.82) is 0 Å². The van der Waals surface area contributed by atoms with E-state index >= 15 is 0 Å². The van der Waals surface area contributed by atoms with Crippen molar-refractivity contribution in [2.24, 2.45) is 0 Å². The summed E-state index contributed by atoms with van der Waals surface area (Å²) in [5, 5.41) is 15.8. The van der Waals surface area contributed by atoms with Gasteiger partial charge < -0.3 is 24.3 Å². The topological polar surface area (TPSA) is 97.9 Å². The molecule has 5 rings (SSSR count). The van der Waals surface area contributed by atoms with Gasteiger partial charge in [0.05, 0.1) is 48.7 Å². The molecular weight excluding hydrogens is 516 g/mol. The predicted octanol–water partition coefficient (Wildman–Crippen LogP) is 4.10. The summed E-state index contributed by atoms with van der Waals surface area (Å²) in [7, 11) is 1.58. The summed E-state index contributed by atoms with van der Waals surface area (Å²) in [5.74, 6) is 0.567. The molecule has 0 unspecified atom stereocenters. The van der Waals surface area contributed by atoms with Gasteiger partial charge in [-0.2, -0.15) is 0 Å². The zero-order valence-electron chi connectivity index (χ0n) is 22.5. The van der Waals surface area contributed by atoms with Gasteiger partial charge >= 0.3 is 0 Å². The van der Waals surface area contributed by atoms with Crippen molar-refractivity contribution < 1.29 is 14.4 Å². The number of hydrogen-bond donors (Lipinski definition) is 1. The van der Waals surface area contributed by atoms with E-state index in [0.717, 1.165) is 68.5 Å². The van der Waals surface area contributed by atoms with Gasteiger partial charge in [0.2, 0.25) is 0 Å². The van der Waals surface area contributed by atoms with Crippen LogP contribution in [0.25, 0.3) is 5.69 Å². The highest BCUT2D eigenvalue weighted by Gasteiger charge is 2.41. The normalized spacial score (nSPS) is 19.8. The molecule has 0 amide bonds. The Kier molecular flexibility index (Phi) is 8.10. The lowest BCUT2D eigenvalue weighted by Gasteiger charge is -2.30. The molecule has 4 heterocycles. The van der Waals surface area contributed by atoms with Crippen molar-refractivity contribution in [2.45, 2.75) is 32.4 Å². The number of nitrogens with one attached hydrogen (secondary N) is 1. The Hall–Kier alpha value is -3.54. The number of non-ortho nitro benzene ring substituents is 1. The largest absolute Gasteiger partial charge is 0.495 e. The second kappa shape index (κ2) is 11.7. The molecule has 0 bridgehead atoms. The van der Waals surface area contributed by atoms with Crippen LogP contribution in [0.4, 0.5) is 5.69 Å². The van der Waals surface area contributed by atoms with E-state index in [1.54, 1.807) is 25.4 Å². The van der Waals surface area contributed by atoms with E-state index in [9.17, 15) is 10.1 Å². The summed E-state index contributed by atoms with van der Waals surface area (Å²) >= 11 is 5.88. The van der Waals surface area contributed by atoms with Gasteiger partial charge in [0.1, 0.15) is 5.75 Å². The SMILES string of the molecule is COc1ccc([N+](=O)[O-])cc1-n1c(C)cc([C@H]2[C@H](c3ccccn3)NC(=S)N2CCCN2CCOCC2)c1C. The number of thiocarbonyl (C=S) groups is 1. The molecule has 2 saturated heterocycles. The Labute approximate surface area is 233 Å². The highest BCUT2D eigenvalue weighted by molar-refractivity contribution is 7.80. The first-order chi connectivity index (χ1) is 18.9. The molecule has 1 aromatic carbocycles. The first-order valence-corrected chi connectivity index (χ1v) is 13.6. The molecule has 3 aromatic rings. The number of methoxy groups -OCH3 is 1. The summed E-state index contributed by atoms with van der Waals surface area (Å²) in [6, 6.07) is 12.5. The van der Waals surface area contributed by atoms with Gasteiger partial charge in [-0.3, -0.25) is 20.0 Å². The average Bonchev–Trinajstić information content (AvgIpc) is 3.43. The number of ether oxygens (including phenoxy) is 2. The van der Waals surface area contributed by atoms with Gasteiger partial charge in [-0.1, -0.05) is 6.07 Å². The molecule has 0 radical (unpaired) electrons. The Morgan fingerprint density at radius 1 is 1.18 bits per heavy atom. The number of aryl methyl sites for hydroxylation is 1. The number of hydrogen-bond acceptors (Lipinski definition) is 7. The minimum atomic E-state index is -0.384. The van der Waals surface area contributed by atoms with Gasteiger partial charge in [0.15, 0.2) is 5.11 Å². The summed E-state index contributed by atoms with van der Waals surface area (Å²) in [4.78, 5) is 20.6. The van der Waals surface area contributed by atoms with E-state index in [2.05, 4.69) is 26.2 Å². The van der Waals surface area contributed by atoms with E-state index in [1.807, 2.05) is 36.6 Å². The van der Waals surface area contributed by atoms with Crippen LogP contribution in [-0.4, -0.2) is 75.9 Å². The van der Waals surface area contributed by atoms with Crippen molar-refractivity contribution in [3.63, 3.8) is 0 Å². The van der Waals surface area contributed by atoms with Gasteiger partial charge in [-0.25, -0.2) is 0 Å². The fourth-order valence-corrected chi connectivity index (χ4v) is 6.03. The Morgan fingerprint density at radius 2 is 1.97 bits per heavy atom. The summed E-state index contributed by atoms with van der Waals surface area (Å²) in [6.45, 7) is 9.29. The van der Waals surface area contributed by atoms with Crippen molar-refractivity contribution >= 4 is 23.0 Å². The molecule has 0 aliphatic carbocycles. The molecule has 0 saturated carbocycles. The number of morpholine rings is 1. The minimum absolute atomic E-state index is 0.0136. The monoisotopic (exact) mass is 550 g/mol. The molecule has 2 fully saturated rings. The number of benzene rings is 1. The van der Waals surface area contributed by atoms with Crippen molar-refractivity contribution in [2.75, 3.05) is 46.5 Å². The molecule has 11 heteroatoms. The number of aromatic nitrogens is 2. The fraction of sp³-hybridized carbons (Fsp3) is 0.429. The molecule has 2 aliphatic rings. The zero-order valence-corrected chi connectivity index (χ0v) is 23.3. The molecule has 10 nitrogen and oxygen atoms in total. The van der Waals surface area contributed by atoms with Crippen molar-refractivity contribution in [3.05, 3.63) is 81.4 Å². The number of nitro groups is 1. The number of rotatable bonds is 9. The van der Waals surface area contributed by atoms with E-state index in [4.69, 9.17) is 21.7 Å². The first kappa shape index (κ1) is 27.0. The van der Waals surface area contributed by atoms with Crippen LogP contribution in [0.15, 0.2) is 48.7 Å². The third-order valence-corrected chi connectivity index (χ3v) is 7.93. The summed E-state index contributed by atoms with van der Waals surface area (Å²) in [5.41, 5.74) is 4.58. The van der Waals surface area contributed by atoms with Gasteiger partial charge in [-0.15, -0.1) is 0 Å². The Morgan fingerprint density at radius 3 is 2.67 bits per heavy atom. The maximum atomic E-state index is 11.6. The third kappa shape index (κ3) is 5.47. The van der Waals surface area contributed by atoms with Crippen LogP contribution in [0.5, 0.6) is 5.75 Å². The van der Waals surface area contributed by atoms with Crippen molar-refractivity contribution in [1.82, 2.24) is 24.7 Å². The van der Waals surface area contributed by atoms with Crippen LogP contribution in [0.3, 0.4) is 0 Å². The maximum Gasteiger partial charge on any atom is 0.271 e. The lowest BCUT2D eigenvalue weighted by atomic mass is 9.96. The maximum absolute atomic E-state index is 11.6. The Bertz CT molecular complexity index is 1340. The molecule has 2 aromatic heterocycles. The van der Waals surface area contributed by atoms with Crippen LogP contribution in [0.2, 0.25) is 0 Å². The highest BCUT2D eigenvalue weighted by atomic mass is 32.1. The summed E-state index contributed by atoms with van der Waals surface area (Å²) < 4.78 is 13.1. The number of pyridine rings is 1. The van der Waals surface area contributed by atoms with Gasteiger partial charge in [0.25, 0.3) is 5.69 Å². The third-order valence-electron chi connectivity index (χ3n) is 7.58. The van der Waals surface area contributed by atoms with Crippen LogP contribution >= 0.6 is 12.2 Å². The van der Waals surface area contributed by atoms with E-state index in [-0.39, 0.29) is 22.7 Å². The number of nitrogens with zero attached hydrogens (tertiary/aromatic N) is 5. The quantitative estimate of drug-likeness (QED) is 0.240. The predicted molar refractivity (Wildman–Crippen MR) is 152 cm³/mol. The Balaban J connectivity index is 1.53. The van der Waals surface area contributed by atoms with E-state index in [0.29, 0.717) is 16.5 Å². The zero-order chi connectivity index (χ0) is 27.5. The van der Waals surface area contributed by atoms with Crippen LogP contribution < -0.4 is 10.1 Å². The van der Waals surface area contributed by atoms with Gasteiger partial charge in [0, 0.05) is 55.9 Å². The van der Waals surface area contributed by atoms with Crippen LogP contribution in [0, 0.1) is 24.0 Å². The van der Waals surface area contributed by atoms with Crippen LogP contribution in [0.1, 0.15) is 41.1 Å². The second-order valence-corrected chi connectivity index (χ2v) is 10.3. The molecule has 2 atom stereocenters. The lowest BCUT2D eigenvalue weighted by molar-refractivity contribution is -0.384. The second-order valence-electron chi connectivity index (χ2n) is 9.90. The smallest absolute Gasteiger partial charge is 0.271 e. The molecule has 2 aliphatic heterocycles. The lowest BCUT2D eigenvalue weighted by Crippen LogP contribution is -2.39. The van der Waals surface area contributed by atoms with E-state index < -0.39 is 0 Å². The number of nitro benzene ring substituents is 1. The van der Waals surface area contributed by atoms with Gasteiger partial charge in [-0.05, 0) is 62.3 Å². The first-order valence-electron chi connectivity index (χ1n) is 13.2. The standard InChI is InChI=1S/C28H34N6O4S/c1-19-17-22(20(2)33(19)24-18-21(34(35)36)8-9-25(24)37-3)27-26(23-7-4-5-10-29-23)30-28(39)32(27)12-6-11-31-13-15-38-16-14-31/h4-5,7-10,17-18,26-27H,6,11-16H2,1-3H3,(H,30,39)/t26-,27-/m0/s1. The van der Waals surface area contributed by atoms with Crippen molar-refractivity contribution in [3.8, 4) is 11.4 Å². The fourth-order valence-electron chi connectivity index (χ4n) is 5.70.